The van der Waals surface area contributed by atoms with Gasteiger partial charge in [-0.3, -0.25) is 4.79 Å². The van der Waals surface area contributed by atoms with E-state index in [0.717, 1.165) is 10.9 Å². The van der Waals surface area contributed by atoms with Crippen LogP contribution in [0.4, 0.5) is 5.69 Å². The molecule has 0 spiro atoms. The van der Waals surface area contributed by atoms with Gasteiger partial charge in [-0.15, -0.1) is 0 Å². The van der Waals surface area contributed by atoms with Crippen molar-refractivity contribution < 1.29 is 4.79 Å². The molecule has 16 heavy (non-hydrogen) atoms. The van der Waals surface area contributed by atoms with Crippen molar-refractivity contribution in [1.29, 1.82) is 0 Å². The molecule has 1 atom stereocenters. The first-order chi connectivity index (χ1) is 7.58. The van der Waals surface area contributed by atoms with Crippen LogP contribution in [0.1, 0.15) is 13.3 Å². The molecular formula is C11H14BrClN2O. The number of carbonyl (C=O) groups excluding carboxylic acids is 1. The molecule has 0 saturated carbocycles. The summed E-state index contributed by atoms with van der Waals surface area (Å²) < 4.78 is 0.764. The van der Waals surface area contributed by atoms with Gasteiger partial charge in [-0.05, 0) is 40.5 Å². The molecule has 1 aromatic rings. The van der Waals surface area contributed by atoms with Gasteiger partial charge < -0.3 is 11.1 Å². The normalized spacial score (nSPS) is 12.2. The van der Waals surface area contributed by atoms with E-state index >= 15 is 0 Å². The highest BCUT2D eigenvalue weighted by atomic mass is 79.9. The quantitative estimate of drug-likeness (QED) is 0.898. The van der Waals surface area contributed by atoms with Gasteiger partial charge in [-0.2, -0.15) is 0 Å². The van der Waals surface area contributed by atoms with Gasteiger partial charge in [0.2, 0.25) is 5.91 Å². The van der Waals surface area contributed by atoms with E-state index in [9.17, 15) is 4.79 Å². The highest BCUT2D eigenvalue weighted by molar-refractivity contribution is 9.10. The Labute approximate surface area is 108 Å². The second-order valence-corrected chi connectivity index (χ2v) is 4.75. The summed E-state index contributed by atoms with van der Waals surface area (Å²) in [5.41, 5.74) is 6.22. The molecule has 0 aliphatic carbocycles. The van der Waals surface area contributed by atoms with Gasteiger partial charge in [0.05, 0.1) is 11.6 Å². The van der Waals surface area contributed by atoms with E-state index in [1.54, 1.807) is 18.2 Å². The Kier molecular flexibility index (Phi) is 5.25. The summed E-state index contributed by atoms with van der Waals surface area (Å²) in [7, 11) is 0. The van der Waals surface area contributed by atoms with Crippen molar-refractivity contribution in [3.63, 3.8) is 0 Å². The minimum atomic E-state index is -0.150. The molecule has 1 aromatic carbocycles. The van der Waals surface area contributed by atoms with Gasteiger partial charge in [-0.1, -0.05) is 18.5 Å². The van der Waals surface area contributed by atoms with Crippen molar-refractivity contribution in [3.05, 3.63) is 27.7 Å². The number of nitrogens with one attached hydrogen (secondary N) is 1. The Morgan fingerprint density at radius 3 is 2.81 bits per heavy atom. The van der Waals surface area contributed by atoms with Crippen LogP contribution in [-0.2, 0) is 4.79 Å². The predicted octanol–water partition coefficient (Wildman–Crippen LogP) is 3.03. The summed E-state index contributed by atoms with van der Waals surface area (Å²) in [5, 5.41) is 3.44. The lowest BCUT2D eigenvalue weighted by molar-refractivity contribution is -0.119. The number of hydrogen-bond acceptors (Lipinski definition) is 2. The van der Waals surface area contributed by atoms with Crippen LogP contribution >= 0.6 is 27.5 Å². The maximum absolute atomic E-state index is 11.8. The van der Waals surface area contributed by atoms with Crippen LogP contribution in [0.2, 0.25) is 5.02 Å². The summed E-state index contributed by atoms with van der Waals surface area (Å²) >= 11 is 9.15. The summed E-state index contributed by atoms with van der Waals surface area (Å²) in [6.45, 7) is 2.29. The summed E-state index contributed by atoms with van der Waals surface area (Å²) in [5.74, 6) is -0.212. The predicted molar refractivity (Wildman–Crippen MR) is 70.6 cm³/mol. The Bertz CT molecular complexity index is 380. The number of rotatable bonds is 4. The molecule has 0 saturated heterocycles. The Balaban J connectivity index is 2.76. The van der Waals surface area contributed by atoms with E-state index in [1.165, 1.54) is 0 Å². The molecule has 88 valence electrons. The van der Waals surface area contributed by atoms with Gasteiger partial charge in [0.15, 0.2) is 0 Å². The fourth-order valence-corrected chi connectivity index (χ4v) is 2.07. The number of hydrogen-bond donors (Lipinski definition) is 2. The van der Waals surface area contributed by atoms with Crippen LogP contribution in [0, 0.1) is 5.92 Å². The van der Waals surface area contributed by atoms with Crippen LogP contribution in [0.25, 0.3) is 0 Å². The number of anilines is 1. The fourth-order valence-electron chi connectivity index (χ4n) is 1.28. The third-order valence-corrected chi connectivity index (χ3v) is 3.23. The number of carbonyl (C=O) groups is 1. The van der Waals surface area contributed by atoms with Crippen molar-refractivity contribution in [2.75, 3.05) is 11.9 Å². The van der Waals surface area contributed by atoms with Crippen molar-refractivity contribution in [2.24, 2.45) is 11.7 Å². The second kappa shape index (κ2) is 6.23. The van der Waals surface area contributed by atoms with Crippen LogP contribution in [-0.4, -0.2) is 12.5 Å². The molecule has 1 amide bonds. The van der Waals surface area contributed by atoms with Crippen molar-refractivity contribution in [3.8, 4) is 0 Å². The molecule has 3 nitrogen and oxygen atoms in total. The number of halogens is 2. The molecule has 0 heterocycles. The highest BCUT2D eigenvalue weighted by Gasteiger charge is 2.15. The molecule has 0 fully saturated rings. The van der Waals surface area contributed by atoms with Crippen LogP contribution in [0.15, 0.2) is 22.7 Å². The van der Waals surface area contributed by atoms with Crippen LogP contribution < -0.4 is 11.1 Å². The monoisotopic (exact) mass is 304 g/mol. The number of benzene rings is 1. The standard InChI is InChI=1S/C11H14BrClN2O/c1-2-7(6-14)11(16)15-10-4-3-8(13)5-9(10)12/h3-5,7H,2,6,14H2,1H3,(H,15,16). The van der Waals surface area contributed by atoms with E-state index in [-0.39, 0.29) is 11.8 Å². The molecule has 0 aliphatic heterocycles. The van der Waals surface area contributed by atoms with E-state index in [1.807, 2.05) is 6.92 Å². The van der Waals surface area contributed by atoms with Crippen molar-refractivity contribution in [2.45, 2.75) is 13.3 Å². The minimum Gasteiger partial charge on any atom is -0.330 e. The molecule has 0 aromatic heterocycles. The molecule has 0 radical (unpaired) electrons. The van der Waals surface area contributed by atoms with Gasteiger partial charge in [0.25, 0.3) is 0 Å². The third-order valence-electron chi connectivity index (χ3n) is 2.34. The van der Waals surface area contributed by atoms with E-state index in [0.29, 0.717) is 17.3 Å². The average molecular weight is 306 g/mol. The smallest absolute Gasteiger partial charge is 0.228 e. The molecule has 0 aliphatic rings. The maximum Gasteiger partial charge on any atom is 0.228 e. The van der Waals surface area contributed by atoms with E-state index < -0.39 is 0 Å². The molecule has 5 heteroatoms. The maximum atomic E-state index is 11.8. The first-order valence-corrected chi connectivity index (χ1v) is 6.21. The fraction of sp³-hybridized carbons (Fsp3) is 0.364. The topological polar surface area (TPSA) is 55.1 Å². The highest BCUT2D eigenvalue weighted by Crippen LogP contribution is 2.26. The third kappa shape index (κ3) is 3.47. The Morgan fingerprint density at radius 2 is 2.31 bits per heavy atom. The van der Waals surface area contributed by atoms with Crippen LogP contribution in [0.3, 0.4) is 0 Å². The second-order valence-electron chi connectivity index (χ2n) is 3.45. The largest absolute Gasteiger partial charge is 0.330 e. The minimum absolute atomic E-state index is 0.0620. The summed E-state index contributed by atoms with van der Waals surface area (Å²) in [6, 6.07) is 5.22. The number of amides is 1. The first-order valence-electron chi connectivity index (χ1n) is 5.04. The zero-order chi connectivity index (χ0) is 12.1. The Hall–Kier alpha value is -0.580. The van der Waals surface area contributed by atoms with Crippen molar-refractivity contribution in [1.82, 2.24) is 0 Å². The molecule has 1 unspecified atom stereocenters. The van der Waals surface area contributed by atoms with Gasteiger partial charge in [0.1, 0.15) is 0 Å². The molecule has 3 N–H and O–H groups in total. The summed E-state index contributed by atoms with van der Waals surface area (Å²) in [4.78, 5) is 11.8. The van der Waals surface area contributed by atoms with E-state index in [2.05, 4.69) is 21.2 Å². The summed E-state index contributed by atoms with van der Waals surface area (Å²) in [6.07, 6.45) is 0.730. The lowest BCUT2D eigenvalue weighted by atomic mass is 10.1. The number of nitrogens with two attached hydrogens (primary N) is 1. The van der Waals surface area contributed by atoms with Crippen molar-refractivity contribution >= 4 is 39.1 Å². The van der Waals surface area contributed by atoms with Crippen LogP contribution in [0.5, 0.6) is 0 Å². The zero-order valence-corrected chi connectivity index (χ0v) is 11.3. The van der Waals surface area contributed by atoms with Gasteiger partial charge in [0, 0.05) is 16.0 Å². The average Bonchev–Trinajstić information content (AvgIpc) is 2.24. The first kappa shape index (κ1) is 13.5. The van der Waals surface area contributed by atoms with Gasteiger partial charge >= 0.3 is 0 Å². The van der Waals surface area contributed by atoms with Gasteiger partial charge in [-0.25, -0.2) is 0 Å². The van der Waals surface area contributed by atoms with E-state index in [4.69, 9.17) is 17.3 Å². The molecule has 0 bridgehead atoms. The SMILES string of the molecule is CCC(CN)C(=O)Nc1ccc(Cl)cc1Br. The lowest BCUT2D eigenvalue weighted by Crippen LogP contribution is -2.28. The lowest BCUT2D eigenvalue weighted by Gasteiger charge is -2.13. The molecular weight excluding hydrogens is 291 g/mol. The zero-order valence-electron chi connectivity index (χ0n) is 8.97. The Morgan fingerprint density at radius 1 is 1.62 bits per heavy atom. The molecule has 1 rings (SSSR count).